The Bertz CT molecular complexity index is 898. The summed E-state index contributed by atoms with van der Waals surface area (Å²) >= 11 is 0. The number of benzene rings is 2. The summed E-state index contributed by atoms with van der Waals surface area (Å²) in [7, 11) is 1.58. The number of para-hydroxylation sites is 1. The van der Waals surface area contributed by atoms with Gasteiger partial charge < -0.3 is 9.72 Å². The fraction of sp³-hybridized carbons (Fsp3) is 0.0556. The van der Waals surface area contributed by atoms with Crippen LogP contribution in [-0.2, 0) is 0 Å². The Kier molecular flexibility index (Phi) is 4.11. The third kappa shape index (κ3) is 2.77. The van der Waals surface area contributed by atoms with E-state index < -0.39 is 4.92 Å². The van der Waals surface area contributed by atoms with E-state index in [9.17, 15) is 14.9 Å². The Morgan fingerprint density at radius 3 is 2.46 bits per heavy atom. The molecule has 1 heterocycles. The summed E-state index contributed by atoms with van der Waals surface area (Å²) in [6.45, 7) is 0. The molecule has 0 saturated carbocycles. The number of nitrogens with zero attached hydrogens (tertiary/aromatic N) is 1. The Morgan fingerprint density at radius 2 is 1.83 bits per heavy atom. The quantitative estimate of drug-likeness (QED) is 0.436. The molecule has 3 aromatic rings. The van der Waals surface area contributed by atoms with Gasteiger partial charge in [-0.25, -0.2) is 0 Å². The number of aromatic amines is 1. The molecular formula is C18H14N2O4. The van der Waals surface area contributed by atoms with Crippen LogP contribution in [0.2, 0.25) is 0 Å². The van der Waals surface area contributed by atoms with E-state index >= 15 is 0 Å². The zero-order valence-electron chi connectivity index (χ0n) is 12.9. The first kappa shape index (κ1) is 15.5. The fourth-order valence-electron chi connectivity index (χ4n) is 2.56. The summed E-state index contributed by atoms with van der Waals surface area (Å²) < 4.78 is 5.13. The molecule has 0 saturated heterocycles. The van der Waals surface area contributed by atoms with Crippen molar-refractivity contribution < 1.29 is 14.5 Å². The second kappa shape index (κ2) is 6.37. The number of methoxy groups -OCH3 is 1. The van der Waals surface area contributed by atoms with Crippen LogP contribution in [0.5, 0.6) is 5.75 Å². The van der Waals surface area contributed by atoms with E-state index in [0.717, 1.165) is 11.3 Å². The molecule has 0 aliphatic carbocycles. The predicted molar refractivity (Wildman–Crippen MR) is 90.3 cm³/mol. The number of aromatic nitrogens is 1. The lowest BCUT2D eigenvalue weighted by molar-refractivity contribution is -0.384. The van der Waals surface area contributed by atoms with Crippen LogP contribution in [0.4, 0.5) is 5.69 Å². The van der Waals surface area contributed by atoms with Crippen LogP contribution in [0.15, 0.2) is 54.6 Å². The number of ether oxygens (including phenoxy) is 1. The lowest BCUT2D eigenvalue weighted by atomic mass is 10.1. The molecule has 0 bridgehead atoms. The van der Waals surface area contributed by atoms with E-state index in [1.807, 2.05) is 12.1 Å². The Hall–Kier alpha value is -3.41. The highest BCUT2D eigenvalue weighted by Gasteiger charge is 2.19. The average molecular weight is 322 g/mol. The van der Waals surface area contributed by atoms with E-state index in [1.54, 1.807) is 43.5 Å². The van der Waals surface area contributed by atoms with Crippen LogP contribution < -0.4 is 4.74 Å². The van der Waals surface area contributed by atoms with E-state index in [-0.39, 0.29) is 5.69 Å². The van der Waals surface area contributed by atoms with Crippen LogP contribution >= 0.6 is 0 Å². The number of aldehydes is 1. The van der Waals surface area contributed by atoms with Crippen molar-refractivity contribution in [2.24, 2.45) is 0 Å². The van der Waals surface area contributed by atoms with Gasteiger partial charge in [-0.15, -0.1) is 0 Å². The van der Waals surface area contributed by atoms with Crippen LogP contribution in [0, 0.1) is 10.1 Å². The molecule has 0 aliphatic heterocycles. The molecule has 24 heavy (non-hydrogen) atoms. The molecule has 2 aromatic carbocycles. The summed E-state index contributed by atoms with van der Waals surface area (Å²) in [5, 5.41) is 11.2. The van der Waals surface area contributed by atoms with Gasteiger partial charge in [-0.2, -0.15) is 0 Å². The highest BCUT2D eigenvalue weighted by molar-refractivity contribution is 5.91. The number of hydrogen-bond donors (Lipinski definition) is 1. The summed E-state index contributed by atoms with van der Waals surface area (Å²) in [4.78, 5) is 25.3. The molecular weight excluding hydrogens is 308 g/mol. The van der Waals surface area contributed by atoms with Gasteiger partial charge in [0.25, 0.3) is 5.69 Å². The maximum Gasteiger partial charge on any atom is 0.278 e. The van der Waals surface area contributed by atoms with Gasteiger partial charge in [-0.05, 0) is 42.0 Å². The van der Waals surface area contributed by atoms with Crippen molar-refractivity contribution >= 4 is 12.0 Å². The first-order valence-electron chi connectivity index (χ1n) is 7.20. The number of nitro benzene ring substituents is 1. The number of rotatable bonds is 5. The second-order valence-electron chi connectivity index (χ2n) is 5.13. The van der Waals surface area contributed by atoms with Crippen molar-refractivity contribution in [2.45, 2.75) is 0 Å². The van der Waals surface area contributed by atoms with E-state index in [0.29, 0.717) is 28.8 Å². The molecule has 3 rings (SSSR count). The van der Waals surface area contributed by atoms with Crippen LogP contribution in [0.1, 0.15) is 10.4 Å². The third-order valence-electron chi connectivity index (χ3n) is 3.75. The van der Waals surface area contributed by atoms with Crippen molar-refractivity contribution in [3.05, 3.63) is 70.3 Å². The van der Waals surface area contributed by atoms with Crippen molar-refractivity contribution in [1.29, 1.82) is 0 Å². The summed E-state index contributed by atoms with van der Waals surface area (Å²) in [5.41, 5.74) is 2.68. The molecule has 0 unspecified atom stereocenters. The maximum atomic E-state index is 11.4. The second-order valence-corrected chi connectivity index (χ2v) is 5.13. The van der Waals surface area contributed by atoms with Gasteiger partial charge in [-0.1, -0.05) is 12.1 Å². The van der Waals surface area contributed by atoms with Gasteiger partial charge in [0.05, 0.1) is 23.3 Å². The van der Waals surface area contributed by atoms with Crippen LogP contribution in [0.3, 0.4) is 0 Å². The van der Waals surface area contributed by atoms with Gasteiger partial charge >= 0.3 is 0 Å². The Labute approximate surface area is 137 Å². The van der Waals surface area contributed by atoms with Gasteiger partial charge in [0.1, 0.15) is 5.75 Å². The van der Waals surface area contributed by atoms with Crippen molar-refractivity contribution in [2.75, 3.05) is 7.11 Å². The molecule has 6 heteroatoms. The Balaban J connectivity index is 2.12. The van der Waals surface area contributed by atoms with Crippen molar-refractivity contribution in [3.8, 4) is 28.3 Å². The summed E-state index contributed by atoms with van der Waals surface area (Å²) in [6, 6.07) is 15.3. The zero-order valence-corrected chi connectivity index (χ0v) is 12.9. The smallest absolute Gasteiger partial charge is 0.278 e. The van der Waals surface area contributed by atoms with Crippen LogP contribution in [-0.4, -0.2) is 23.3 Å². The number of hydrogen-bond acceptors (Lipinski definition) is 4. The number of carbonyl (C=O) groups excluding carboxylic acids is 1. The normalized spacial score (nSPS) is 10.4. The fourth-order valence-corrected chi connectivity index (χ4v) is 2.56. The van der Waals surface area contributed by atoms with E-state index in [4.69, 9.17) is 4.74 Å². The summed E-state index contributed by atoms with van der Waals surface area (Å²) in [5.74, 6) is 0.722. The minimum absolute atomic E-state index is 0.0521. The average Bonchev–Trinajstić information content (AvgIpc) is 3.06. The van der Waals surface area contributed by atoms with Gasteiger partial charge in [0.15, 0.2) is 6.29 Å². The number of carbonyl (C=O) groups is 1. The zero-order chi connectivity index (χ0) is 17.1. The molecule has 0 aliphatic rings. The number of nitrogens with one attached hydrogen (secondary N) is 1. The molecule has 0 radical (unpaired) electrons. The first-order valence-corrected chi connectivity index (χ1v) is 7.20. The number of H-pyrrole nitrogens is 1. The Morgan fingerprint density at radius 1 is 1.12 bits per heavy atom. The van der Waals surface area contributed by atoms with Gasteiger partial charge in [0, 0.05) is 17.3 Å². The highest BCUT2D eigenvalue weighted by atomic mass is 16.6. The molecule has 0 amide bonds. The standard InChI is InChI=1S/C18H14N2O4/c1-24-14-8-6-12(7-9-14)16-10-13(11-21)18(19-16)15-4-2-3-5-17(15)20(22)23/h2-11,19H,1H3. The summed E-state index contributed by atoms with van der Waals surface area (Å²) in [6.07, 6.45) is 0.690. The van der Waals surface area contributed by atoms with Gasteiger partial charge in [-0.3, -0.25) is 14.9 Å². The van der Waals surface area contributed by atoms with E-state index in [2.05, 4.69) is 4.98 Å². The molecule has 0 atom stereocenters. The highest BCUT2D eigenvalue weighted by Crippen LogP contribution is 2.34. The minimum atomic E-state index is -0.461. The predicted octanol–water partition coefficient (Wildman–Crippen LogP) is 4.08. The molecule has 0 fully saturated rings. The SMILES string of the molecule is COc1ccc(-c2cc(C=O)c(-c3ccccc3[N+](=O)[O-])[nH]2)cc1. The van der Waals surface area contributed by atoms with Crippen LogP contribution in [0.25, 0.3) is 22.5 Å². The monoisotopic (exact) mass is 322 g/mol. The molecule has 1 N–H and O–H groups in total. The van der Waals surface area contributed by atoms with E-state index in [1.165, 1.54) is 6.07 Å². The lowest BCUT2D eigenvalue weighted by Gasteiger charge is -2.03. The molecule has 120 valence electrons. The van der Waals surface area contributed by atoms with Gasteiger partial charge in [0.2, 0.25) is 0 Å². The maximum absolute atomic E-state index is 11.4. The minimum Gasteiger partial charge on any atom is -0.497 e. The largest absolute Gasteiger partial charge is 0.497 e. The topological polar surface area (TPSA) is 85.2 Å². The van der Waals surface area contributed by atoms with Crippen molar-refractivity contribution in [1.82, 2.24) is 4.98 Å². The third-order valence-corrected chi connectivity index (χ3v) is 3.75. The number of nitro groups is 1. The lowest BCUT2D eigenvalue weighted by Crippen LogP contribution is -1.93. The molecule has 0 spiro atoms. The first-order chi connectivity index (χ1) is 11.6. The molecule has 6 nitrogen and oxygen atoms in total. The van der Waals surface area contributed by atoms with Crippen molar-refractivity contribution in [3.63, 3.8) is 0 Å². The molecule has 1 aromatic heterocycles.